The summed E-state index contributed by atoms with van der Waals surface area (Å²) in [4.78, 5) is 22.3. The number of carbonyl (C=O) groups is 1. The van der Waals surface area contributed by atoms with E-state index in [9.17, 15) is 9.00 Å². The highest BCUT2D eigenvalue weighted by atomic mass is 32.2. The maximum absolute atomic E-state index is 15.6. The molecule has 1 saturated heterocycles. The summed E-state index contributed by atoms with van der Waals surface area (Å²) in [6.07, 6.45) is 5.22. The lowest BCUT2D eigenvalue weighted by molar-refractivity contribution is 0.0828. The number of carbonyl (C=O) groups excluding carboxylic acids is 1. The highest BCUT2D eigenvalue weighted by Crippen LogP contribution is 2.37. The summed E-state index contributed by atoms with van der Waals surface area (Å²) >= 11 is 0. The number of halogens is 1. The van der Waals surface area contributed by atoms with E-state index in [-0.39, 0.29) is 17.2 Å². The van der Waals surface area contributed by atoms with Gasteiger partial charge in [0.1, 0.15) is 17.2 Å². The Morgan fingerprint density at radius 2 is 1.92 bits per heavy atom. The number of aromatic nitrogens is 2. The minimum atomic E-state index is -0.757. The molecule has 1 fully saturated rings. The van der Waals surface area contributed by atoms with Gasteiger partial charge >= 0.3 is 0 Å². The van der Waals surface area contributed by atoms with E-state index < -0.39 is 16.6 Å². The number of nitrogens with one attached hydrogen (secondary N) is 2. The van der Waals surface area contributed by atoms with E-state index in [0.717, 1.165) is 35.1 Å². The molecule has 0 bridgehead atoms. The molecule has 4 aromatic rings. The number of benzene rings is 2. The van der Waals surface area contributed by atoms with Crippen LogP contribution in [0.15, 0.2) is 54.9 Å². The smallest absolute Gasteiger partial charge is 0.255 e. The summed E-state index contributed by atoms with van der Waals surface area (Å²) in [7, 11) is 4.18. The minimum absolute atomic E-state index is 0.199. The van der Waals surface area contributed by atoms with Crippen LogP contribution in [-0.4, -0.2) is 64.2 Å². The number of rotatable bonds is 7. The Bertz CT molecular complexity index is 1510. The summed E-state index contributed by atoms with van der Waals surface area (Å²) in [5, 5.41) is 4.06. The molecule has 0 atom stereocenters. The summed E-state index contributed by atoms with van der Waals surface area (Å²) < 4.78 is 32.9. The molecule has 1 aliphatic rings. The standard InChI is InChI=1S/C29H31FN4O3S/c1-34(2)29(35)23-12-19(14-25(30)27(23)31-15-18-8-10-38(36)11-9-18)20-13-22-24(17-33-28(22)32-16-20)21-6-4-5-7-26(21)37-3/h4-7,12-14,16-18,31H,8-11,15H2,1-3H3,(H,32,33). The van der Waals surface area contributed by atoms with Gasteiger partial charge in [-0.15, -0.1) is 0 Å². The average Bonchev–Trinajstić information content (AvgIpc) is 3.35. The number of H-pyrrole nitrogens is 1. The first-order valence-electron chi connectivity index (χ1n) is 12.6. The summed E-state index contributed by atoms with van der Waals surface area (Å²) in [5.41, 5.74) is 4.26. The minimum Gasteiger partial charge on any atom is -0.496 e. The van der Waals surface area contributed by atoms with Gasteiger partial charge in [0.15, 0.2) is 0 Å². The third-order valence-corrected chi connectivity index (χ3v) is 8.45. The lowest BCUT2D eigenvalue weighted by Gasteiger charge is -2.24. The number of anilines is 1. The van der Waals surface area contributed by atoms with Crippen LogP contribution in [0.2, 0.25) is 0 Å². The van der Waals surface area contributed by atoms with Crippen LogP contribution >= 0.6 is 0 Å². The number of para-hydroxylation sites is 1. The van der Waals surface area contributed by atoms with E-state index in [2.05, 4.69) is 15.3 Å². The van der Waals surface area contributed by atoms with Crippen molar-refractivity contribution in [2.75, 3.05) is 44.6 Å². The maximum Gasteiger partial charge on any atom is 0.255 e. The maximum atomic E-state index is 15.6. The molecule has 2 aromatic carbocycles. The van der Waals surface area contributed by atoms with E-state index in [1.165, 1.54) is 11.0 Å². The lowest BCUT2D eigenvalue weighted by Crippen LogP contribution is -2.27. The van der Waals surface area contributed by atoms with Crippen molar-refractivity contribution >= 4 is 33.4 Å². The number of amides is 1. The molecule has 38 heavy (non-hydrogen) atoms. The van der Waals surface area contributed by atoms with E-state index in [4.69, 9.17) is 4.74 Å². The van der Waals surface area contributed by atoms with Gasteiger partial charge in [-0.3, -0.25) is 9.00 Å². The molecule has 7 nitrogen and oxygen atoms in total. The van der Waals surface area contributed by atoms with Crippen LogP contribution in [0.5, 0.6) is 5.75 Å². The molecular weight excluding hydrogens is 503 g/mol. The number of methoxy groups -OCH3 is 1. The largest absolute Gasteiger partial charge is 0.496 e. The van der Waals surface area contributed by atoms with Crippen LogP contribution in [0.25, 0.3) is 33.3 Å². The number of hydrogen-bond acceptors (Lipinski definition) is 5. The SMILES string of the molecule is COc1ccccc1-c1c[nH]c2ncc(-c3cc(F)c(NCC4CCS(=O)CC4)c(C(=O)N(C)C)c3)cc12. The van der Waals surface area contributed by atoms with Gasteiger partial charge in [0, 0.05) is 77.4 Å². The molecule has 3 heterocycles. The molecule has 198 valence electrons. The molecule has 9 heteroatoms. The Morgan fingerprint density at radius 1 is 1.16 bits per heavy atom. The zero-order valence-corrected chi connectivity index (χ0v) is 22.5. The molecule has 2 N–H and O–H groups in total. The molecule has 0 spiro atoms. The number of ether oxygens (including phenoxy) is 1. The van der Waals surface area contributed by atoms with Crippen molar-refractivity contribution in [3.05, 3.63) is 66.2 Å². The Kier molecular flexibility index (Phi) is 7.46. The molecule has 2 aromatic heterocycles. The van der Waals surface area contributed by atoms with Crippen molar-refractivity contribution < 1.29 is 18.1 Å². The van der Waals surface area contributed by atoms with Crippen molar-refractivity contribution in [1.29, 1.82) is 0 Å². The fraction of sp³-hybridized carbons (Fsp3) is 0.310. The van der Waals surface area contributed by atoms with Gasteiger partial charge in [-0.05, 0) is 48.6 Å². The van der Waals surface area contributed by atoms with Crippen molar-refractivity contribution in [3.8, 4) is 28.0 Å². The number of aromatic amines is 1. The lowest BCUT2D eigenvalue weighted by atomic mass is 9.98. The number of pyridine rings is 1. The molecule has 0 radical (unpaired) electrons. The first kappa shape index (κ1) is 25.9. The van der Waals surface area contributed by atoms with E-state index in [0.29, 0.717) is 40.7 Å². The van der Waals surface area contributed by atoms with Crippen LogP contribution in [-0.2, 0) is 10.8 Å². The fourth-order valence-corrected chi connectivity index (χ4v) is 6.30. The van der Waals surface area contributed by atoms with Crippen LogP contribution in [0.1, 0.15) is 23.2 Å². The zero-order chi connectivity index (χ0) is 26.8. The Balaban J connectivity index is 1.53. The Hall–Kier alpha value is -3.72. The second-order valence-electron chi connectivity index (χ2n) is 9.78. The molecule has 1 amide bonds. The van der Waals surface area contributed by atoms with Crippen molar-refractivity contribution in [2.45, 2.75) is 12.8 Å². The molecule has 0 unspecified atom stereocenters. The number of nitrogens with zero attached hydrogens (tertiary/aromatic N) is 2. The number of fused-ring (bicyclic) bond motifs is 1. The van der Waals surface area contributed by atoms with Gasteiger partial charge in [0.25, 0.3) is 5.91 Å². The summed E-state index contributed by atoms with van der Waals surface area (Å²) in [5.74, 6) is 1.59. The fourth-order valence-electron chi connectivity index (χ4n) is 4.91. The zero-order valence-electron chi connectivity index (χ0n) is 21.7. The highest BCUT2D eigenvalue weighted by molar-refractivity contribution is 7.85. The predicted octanol–water partition coefficient (Wildman–Crippen LogP) is 5.32. The van der Waals surface area contributed by atoms with Gasteiger partial charge in [0.05, 0.1) is 18.4 Å². The number of hydrogen-bond donors (Lipinski definition) is 2. The van der Waals surface area contributed by atoms with Crippen LogP contribution < -0.4 is 10.1 Å². The Labute approximate surface area is 223 Å². The van der Waals surface area contributed by atoms with Gasteiger partial charge < -0.3 is 19.9 Å². The molecule has 5 rings (SSSR count). The summed E-state index contributed by atoms with van der Waals surface area (Å²) in [6.45, 7) is 0.528. The first-order valence-corrected chi connectivity index (χ1v) is 14.1. The van der Waals surface area contributed by atoms with Crippen molar-refractivity contribution in [1.82, 2.24) is 14.9 Å². The third-order valence-electron chi connectivity index (χ3n) is 7.06. The monoisotopic (exact) mass is 534 g/mol. The van der Waals surface area contributed by atoms with Crippen LogP contribution in [0, 0.1) is 11.7 Å². The Morgan fingerprint density at radius 3 is 2.66 bits per heavy atom. The van der Waals surface area contributed by atoms with Gasteiger partial charge in [-0.2, -0.15) is 0 Å². The van der Waals surface area contributed by atoms with Gasteiger partial charge in [-0.1, -0.05) is 18.2 Å². The summed E-state index contributed by atoms with van der Waals surface area (Å²) in [6, 6.07) is 12.9. The highest BCUT2D eigenvalue weighted by Gasteiger charge is 2.23. The van der Waals surface area contributed by atoms with E-state index in [1.807, 2.05) is 36.5 Å². The molecule has 0 aliphatic carbocycles. The first-order chi connectivity index (χ1) is 18.4. The quantitative estimate of drug-likeness (QED) is 0.335. The van der Waals surface area contributed by atoms with Crippen LogP contribution in [0.3, 0.4) is 0 Å². The van der Waals surface area contributed by atoms with Gasteiger partial charge in [0.2, 0.25) is 0 Å². The molecule has 0 saturated carbocycles. The normalized spacial score (nSPS) is 17.4. The molecular formula is C29H31FN4O3S. The van der Waals surface area contributed by atoms with E-state index in [1.54, 1.807) is 33.5 Å². The van der Waals surface area contributed by atoms with Crippen LogP contribution in [0.4, 0.5) is 10.1 Å². The second-order valence-corrected chi connectivity index (χ2v) is 11.5. The van der Waals surface area contributed by atoms with Crippen molar-refractivity contribution in [2.24, 2.45) is 5.92 Å². The molecule has 1 aliphatic heterocycles. The second kappa shape index (κ2) is 10.9. The predicted molar refractivity (Wildman–Crippen MR) is 151 cm³/mol. The third kappa shape index (κ3) is 5.15. The van der Waals surface area contributed by atoms with Crippen molar-refractivity contribution in [3.63, 3.8) is 0 Å². The average molecular weight is 535 g/mol. The van der Waals surface area contributed by atoms with E-state index >= 15 is 4.39 Å². The van der Waals surface area contributed by atoms with Gasteiger partial charge in [-0.25, -0.2) is 9.37 Å². The topological polar surface area (TPSA) is 87.3 Å².